The average molecular weight is 317 g/mol. The van der Waals surface area contributed by atoms with Crippen LogP contribution >= 0.6 is 11.6 Å². The molecule has 116 valence electrons. The number of hydrogen-bond donors (Lipinski definition) is 2. The van der Waals surface area contributed by atoms with Crippen molar-refractivity contribution in [3.63, 3.8) is 0 Å². The van der Waals surface area contributed by atoms with Crippen molar-refractivity contribution in [2.24, 2.45) is 0 Å². The third kappa shape index (κ3) is 4.78. The molecular formula is C18H21ClN2O. The van der Waals surface area contributed by atoms with Crippen molar-refractivity contribution in [1.82, 2.24) is 5.32 Å². The molecule has 0 saturated carbocycles. The molecule has 0 radical (unpaired) electrons. The molecule has 1 amide bonds. The lowest BCUT2D eigenvalue weighted by atomic mass is 10.1. The third-order valence-corrected chi connectivity index (χ3v) is 3.73. The molecule has 0 unspecified atom stereocenters. The van der Waals surface area contributed by atoms with Gasteiger partial charge in [-0.05, 0) is 43.0 Å². The summed E-state index contributed by atoms with van der Waals surface area (Å²) in [6.45, 7) is 4.83. The largest absolute Gasteiger partial charge is 0.375 e. The van der Waals surface area contributed by atoms with Gasteiger partial charge in [-0.15, -0.1) is 0 Å². The Hall–Kier alpha value is -2.00. The Morgan fingerprint density at radius 2 is 1.86 bits per heavy atom. The maximum Gasteiger partial charge on any atom is 0.239 e. The van der Waals surface area contributed by atoms with Crippen LogP contribution in [0.25, 0.3) is 0 Å². The van der Waals surface area contributed by atoms with Crippen LogP contribution in [0.3, 0.4) is 0 Å². The predicted octanol–water partition coefficient (Wildman–Crippen LogP) is 3.73. The fourth-order valence-electron chi connectivity index (χ4n) is 2.36. The van der Waals surface area contributed by atoms with E-state index in [1.165, 1.54) is 5.56 Å². The van der Waals surface area contributed by atoms with E-state index in [0.717, 1.165) is 23.2 Å². The van der Waals surface area contributed by atoms with Gasteiger partial charge in [0, 0.05) is 6.54 Å². The van der Waals surface area contributed by atoms with Crippen LogP contribution < -0.4 is 10.6 Å². The predicted molar refractivity (Wildman–Crippen MR) is 92.6 cm³/mol. The van der Waals surface area contributed by atoms with Gasteiger partial charge in [0.25, 0.3) is 0 Å². The SMILES string of the molecule is Cc1cc(C)c(NCC(=O)NCCc2ccccc2)c(Cl)c1. The van der Waals surface area contributed by atoms with Crippen LogP contribution in [0.4, 0.5) is 5.69 Å². The molecule has 2 aromatic carbocycles. The summed E-state index contributed by atoms with van der Waals surface area (Å²) in [6, 6.07) is 14.0. The van der Waals surface area contributed by atoms with Crippen molar-refractivity contribution in [1.29, 1.82) is 0 Å². The van der Waals surface area contributed by atoms with Gasteiger partial charge in [-0.3, -0.25) is 4.79 Å². The summed E-state index contributed by atoms with van der Waals surface area (Å²) in [5, 5.41) is 6.67. The second-order valence-corrected chi connectivity index (χ2v) is 5.78. The number of carbonyl (C=O) groups is 1. The monoisotopic (exact) mass is 316 g/mol. The van der Waals surface area contributed by atoms with E-state index < -0.39 is 0 Å². The Kier molecular flexibility index (Phi) is 5.84. The number of carbonyl (C=O) groups excluding carboxylic acids is 1. The Morgan fingerprint density at radius 1 is 1.14 bits per heavy atom. The van der Waals surface area contributed by atoms with Gasteiger partial charge in [0.1, 0.15) is 0 Å². The molecule has 0 spiro atoms. The normalized spacial score (nSPS) is 10.3. The van der Waals surface area contributed by atoms with Crippen LogP contribution in [0.15, 0.2) is 42.5 Å². The van der Waals surface area contributed by atoms with Crippen molar-refractivity contribution in [2.45, 2.75) is 20.3 Å². The zero-order chi connectivity index (χ0) is 15.9. The summed E-state index contributed by atoms with van der Waals surface area (Å²) < 4.78 is 0. The fourth-order valence-corrected chi connectivity index (χ4v) is 2.75. The van der Waals surface area contributed by atoms with Gasteiger partial charge in [0.2, 0.25) is 5.91 Å². The molecule has 0 bridgehead atoms. The molecule has 0 fully saturated rings. The van der Waals surface area contributed by atoms with Gasteiger partial charge in [-0.2, -0.15) is 0 Å². The van der Waals surface area contributed by atoms with E-state index in [4.69, 9.17) is 11.6 Å². The summed E-state index contributed by atoms with van der Waals surface area (Å²) in [5.74, 6) is -0.0352. The topological polar surface area (TPSA) is 41.1 Å². The van der Waals surface area contributed by atoms with E-state index in [9.17, 15) is 4.79 Å². The van der Waals surface area contributed by atoms with Gasteiger partial charge in [-0.25, -0.2) is 0 Å². The van der Waals surface area contributed by atoms with Gasteiger partial charge >= 0.3 is 0 Å². The molecule has 0 heterocycles. The third-order valence-electron chi connectivity index (χ3n) is 3.44. The van der Waals surface area contributed by atoms with E-state index >= 15 is 0 Å². The van der Waals surface area contributed by atoms with Gasteiger partial charge in [0.05, 0.1) is 17.3 Å². The van der Waals surface area contributed by atoms with Crippen LogP contribution in [0, 0.1) is 13.8 Å². The molecule has 0 aliphatic heterocycles. The lowest BCUT2D eigenvalue weighted by molar-refractivity contribution is -0.119. The Labute approximate surface area is 136 Å². The Bertz CT molecular complexity index is 618. The summed E-state index contributed by atoms with van der Waals surface area (Å²) >= 11 is 6.21. The summed E-state index contributed by atoms with van der Waals surface area (Å²) in [5.41, 5.74) is 4.20. The minimum atomic E-state index is -0.0352. The van der Waals surface area contributed by atoms with Gasteiger partial charge in [0.15, 0.2) is 0 Å². The average Bonchev–Trinajstić information content (AvgIpc) is 2.47. The quantitative estimate of drug-likeness (QED) is 0.852. The van der Waals surface area contributed by atoms with Crippen LogP contribution in [0.2, 0.25) is 5.02 Å². The maximum atomic E-state index is 11.9. The number of benzene rings is 2. The minimum Gasteiger partial charge on any atom is -0.375 e. The highest BCUT2D eigenvalue weighted by atomic mass is 35.5. The molecule has 0 saturated heterocycles. The number of nitrogens with one attached hydrogen (secondary N) is 2. The van der Waals surface area contributed by atoms with Crippen molar-refractivity contribution < 1.29 is 4.79 Å². The van der Waals surface area contributed by atoms with Crippen molar-refractivity contribution in [3.8, 4) is 0 Å². The highest BCUT2D eigenvalue weighted by Crippen LogP contribution is 2.26. The van der Waals surface area contributed by atoms with Crippen molar-refractivity contribution >= 4 is 23.2 Å². The summed E-state index contributed by atoms with van der Waals surface area (Å²) in [4.78, 5) is 11.9. The molecule has 0 aliphatic carbocycles. The zero-order valence-electron chi connectivity index (χ0n) is 12.9. The summed E-state index contributed by atoms with van der Waals surface area (Å²) in [7, 11) is 0. The second kappa shape index (κ2) is 7.85. The van der Waals surface area contributed by atoms with Crippen LogP contribution in [-0.4, -0.2) is 19.0 Å². The van der Waals surface area contributed by atoms with E-state index in [1.54, 1.807) is 0 Å². The number of halogens is 1. The first-order valence-electron chi connectivity index (χ1n) is 7.37. The van der Waals surface area contributed by atoms with Crippen LogP contribution in [-0.2, 0) is 11.2 Å². The molecule has 2 N–H and O–H groups in total. The standard InChI is InChI=1S/C18H21ClN2O/c1-13-10-14(2)18(16(19)11-13)21-12-17(22)20-9-8-15-6-4-3-5-7-15/h3-7,10-11,21H,8-9,12H2,1-2H3,(H,20,22). The van der Waals surface area contributed by atoms with Crippen LogP contribution in [0.1, 0.15) is 16.7 Å². The molecule has 0 atom stereocenters. The highest BCUT2D eigenvalue weighted by molar-refractivity contribution is 6.33. The molecule has 2 aromatic rings. The highest BCUT2D eigenvalue weighted by Gasteiger charge is 2.07. The minimum absolute atomic E-state index is 0.0352. The smallest absolute Gasteiger partial charge is 0.239 e. The first-order valence-corrected chi connectivity index (χ1v) is 7.75. The molecule has 22 heavy (non-hydrogen) atoms. The number of amides is 1. The van der Waals surface area contributed by atoms with Crippen molar-refractivity contribution in [2.75, 3.05) is 18.4 Å². The molecule has 0 aromatic heterocycles. The van der Waals surface area contributed by atoms with E-state index in [2.05, 4.69) is 22.8 Å². The lowest BCUT2D eigenvalue weighted by Crippen LogP contribution is -2.31. The van der Waals surface area contributed by atoms with E-state index in [-0.39, 0.29) is 12.5 Å². The van der Waals surface area contributed by atoms with E-state index in [0.29, 0.717) is 11.6 Å². The number of aryl methyl sites for hydroxylation is 2. The molecule has 0 aliphatic rings. The maximum absolute atomic E-state index is 11.9. The number of hydrogen-bond acceptors (Lipinski definition) is 2. The Morgan fingerprint density at radius 3 is 2.55 bits per heavy atom. The van der Waals surface area contributed by atoms with Gasteiger partial charge in [-0.1, -0.05) is 48.0 Å². The summed E-state index contributed by atoms with van der Waals surface area (Å²) in [6.07, 6.45) is 0.830. The fraction of sp³-hybridized carbons (Fsp3) is 0.278. The first-order chi connectivity index (χ1) is 10.6. The molecule has 3 nitrogen and oxygen atoms in total. The number of rotatable bonds is 6. The van der Waals surface area contributed by atoms with Crippen LogP contribution in [0.5, 0.6) is 0 Å². The van der Waals surface area contributed by atoms with E-state index in [1.807, 2.05) is 44.2 Å². The van der Waals surface area contributed by atoms with Crippen molar-refractivity contribution in [3.05, 3.63) is 64.2 Å². The molecule has 2 rings (SSSR count). The first kappa shape index (κ1) is 16.4. The number of anilines is 1. The lowest BCUT2D eigenvalue weighted by Gasteiger charge is -2.12. The molecular weight excluding hydrogens is 296 g/mol. The van der Waals surface area contributed by atoms with Gasteiger partial charge < -0.3 is 10.6 Å². The molecule has 4 heteroatoms. The zero-order valence-corrected chi connectivity index (χ0v) is 13.7. The Balaban J connectivity index is 1.79. The second-order valence-electron chi connectivity index (χ2n) is 5.38.